The smallest absolute Gasteiger partial charge is 0.327 e. The summed E-state index contributed by atoms with van der Waals surface area (Å²) in [6.07, 6.45) is 3.72. The van der Waals surface area contributed by atoms with E-state index in [0.717, 1.165) is 29.7 Å². The number of methoxy groups -OCH3 is 1. The van der Waals surface area contributed by atoms with Gasteiger partial charge in [-0.2, -0.15) is 0 Å². The second kappa shape index (κ2) is 7.26. The number of hydrogen-bond acceptors (Lipinski definition) is 4. The van der Waals surface area contributed by atoms with Crippen molar-refractivity contribution >= 4 is 17.1 Å². The first kappa shape index (κ1) is 17.3. The van der Waals surface area contributed by atoms with Gasteiger partial charge in [0, 0.05) is 19.3 Å². The van der Waals surface area contributed by atoms with Crippen LogP contribution in [0.1, 0.15) is 24.4 Å². The normalized spacial score (nSPS) is 17.2. The zero-order chi connectivity index (χ0) is 18.8. The van der Waals surface area contributed by atoms with Crippen LogP contribution < -0.4 is 10.4 Å². The Balaban J connectivity index is 1.53. The summed E-state index contributed by atoms with van der Waals surface area (Å²) >= 11 is 0. The van der Waals surface area contributed by atoms with Crippen molar-refractivity contribution in [2.24, 2.45) is 0 Å². The number of piperidine rings is 1. The molecule has 2 aromatic heterocycles. The molecule has 0 bridgehead atoms. The molecule has 0 spiro atoms. The number of nitrogens with one attached hydrogen (secondary N) is 1. The SMILES string of the molecule is COc1cccc(CC(=O)N2CCCC(n3c(=O)[nH]c4ncccc43)C2)c1. The first-order valence-electron chi connectivity index (χ1n) is 9.11. The molecule has 27 heavy (non-hydrogen) atoms. The van der Waals surface area contributed by atoms with Gasteiger partial charge in [-0.1, -0.05) is 12.1 Å². The second-order valence-electron chi connectivity index (χ2n) is 6.84. The van der Waals surface area contributed by atoms with Crippen LogP contribution in [0.2, 0.25) is 0 Å². The Morgan fingerprint density at radius 1 is 1.33 bits per heavy atom. The lowest BCUT2D eigenvalue weighted by Crippen LogP contribution is -2.43. The number of pyridine rings is 1. The van der Waals surface area contributed by atoms with Crippen molar-refractivity contribution in [2.45, 2.75) is 25.3 Å². The highest BCUT2D eigenvalue weighted by atomic mass is 16.5. The van der Waals surface area contributed by atoms with Crippen LogP contribution in [0.4, 0.5) is 0 Å². The highest BCUT2D eigenvalue weighted by Crippen LogP contribution is 2.24. The number of carbonyl (C=O) groups excluding carboxylic acids is 1. The summed E-state index contributed by atoms with van der Waals surface area (Å²) in [5, 5.41) is 0. The predicted molar refractivity (Wildman–Crippen MR) is 102 cm³/mol. The second-order valence-corrected chi connectivity index (χ2v) is 6.84. The molecule has 1 amide bonds. The van der Waals surface area contributed by atoms with Gasteiger partial charge in [0.15, 0.2) is 5.65 Å². The van der Waals surface area contributed by atoms with E-state index in [4.69, 9.17) is 4.74 Å². The predicted octanol–water partition coefficient (Wildman–Crippen LogP) is 2.14. The number of hydrogen-bond donors (Lipinski definition) is 1. The van der Waals surface area contributed by atoms with Gasteiger partial charge in [0.2, 0.25) is 5.91 Å². The standard InChI is InChI=1S/C20H22N4O3/c1-27-16-7-2-5-14(11-16)12-18(25)23-10-4-6-15(13-23)24-17-8-3-9-21-19(17)22-20(24)26/h2-3,5,7-9,11,15H,4,6,10,12-13H2,1H3,(H,21,22,26). The van der Waals surface area contributed by atoms with Crippen LogP contribution in [0.25, 0.3) is 11.2 Å². The number of imidazole rings is 1. The topological polar surface area (TPSA) is 80.2 Å². The number of rotatable bonds is 4. The number of H-pyrrole nitrogens is 1. The summed E-state index contributed by atoms with van der Waals surface area (Å²) in [6.45, 7) is 1.25. The molecule has 1 saturated heterocycles. The molecule has 0 aliphatic carbocycles. The average Bonchev–Trinajstić information content (AvgIpc) is 3.04. The van der Waals surface area contributed by atoms with Gasteiger partial charge in [0.1, 0.15) is 5.75 Å². The highest BCUT2D eigenvalue weighted by molar-refractivity contribution is 5.79. The molecule has 1 atom stereocenters. The first-order valence-corrected chi connectivity index (χ1v) is 9.11. The number of fused-ring (bicyclic) bond motifs is 1. The molecule has 1 N–H and O–H groups in total. The van der Waals surface area contributed by atoms with E-state index in [-0.39, 0.29) is 17.6 Å². The van der Waals surface area contributed by atoms with Crippen molar-refractivity contribution in [3.63, 3.8) is 0 Å². The largest absolute Gasteiger partial charge is 0.497 e. The number of ether oxygens (including phenoxy) is 1. The van der Waals surface area contributed by atoms with Crippen molar-refractivity contribution < 1.29 is 9.53 Å². The van der Waals surface area contributed by atoms with Gasteiger partial charge in [0.05, 0.1) is 25.1 Å². The van der Waals surface area contributed by atoms with Crippen LogP contribution in [-0.4, -0.2) is 45.5 Å². The quantitative estimate of drug-likeness (QED) is 0.767. The van der Waals surface area contributed by atoms with E-state index in [1.165, 1.54) is 0 Å². The Hall–Kier alpha value is -3.09. The van der Waals surface area contributed by atoms with Crippen LogP contribution in [0.15, 0.2) is 47.4 Å². The van der Waals surface area contributed by atoms with E-state index in [1.807, 2.05) is 41.3 Å². The van der Waals surface area contributed by atoms with Gasteiger partial charge in [-0.25, -0.2) is 9.78 Å². The number of amides is 1. The monoisotopic (exact) mass is 366 g/mol. The Kier molecular flexibility index (Phi) is 4.66. The molecule has 0 radical (unpaired) electrons. The molecule has 1 aliphatic rings. The molecule has 1 aliphatic heterocycles. The summed E-state index contributed by atoms with van der Waals surface area (Å²) in [5.41, 5.74) is 2.13. The zero-order valence-electron chi connectivity index (χ0n) is 15.2. The van der Waals surface area contributed by atoms with Crippen molar-refractivity contribution in [2.75, 3.05) is 20.2 Å². The number of carbonyl (C=O) groups is 1. The molecular formula is C20H22N4O3. The van der Waals surface area contributed by atoms with Gasteiger partial charge in [-0.15, -0.1) is 0 Å². The van der Waals surface area contributed by atoms with E-state index >= 15 is 0 Å². The molecule has 3 aromatic rings. The van der Waals surface area contributed by atoms with Crippen molar-refractivity contribution in [1.82, 2.24) is 19.4 Å². The minimum Gasteiger partial charge on any atom is -0.497 e. The fraction of sp³-hybridized carbons (Fsp3) is 0.350. The molecule has 0 saturated carbocycles. The Labute approximate surface area is 156 Å². The minimum atomic E-state index is -0.171. The number of likely N-dealkylation sites (tertiary alicyclic amines) is 1. The third-order valence-electron chi connectivity index (χ3n) is 5.09. The third-order valence-corrected chi connectivity index (χ3v) is 5.09. The van der Waals surface area contributed by atoms with E-state index in [9.17, 15) is 9.59 Å². The molecule has 1 aromatic carbocycles. The number of aromatic amines is 1. The van der Waals surface area contributed by atoms with Crippen LogP contribution >= 0.6 is 0 Å². The Morgan fingerprint density at radius 3 is 3.07 bits per heavy atom. The van der Waals surface area contributed by atoms with Crippen LogP contribution in [0.3, 0.4) is 0 Å². The Morgan fingerprint density at radius 2 is 2.22 bits per heavy atom. The summed E-state index contributed by atoms with van der Waals surface area (Å²) in [5.74, 6) is 0.814. The number of benzene rings is 1. The fourth-order valence-corrected chi connectivity index (χ4v) is 3.78. The summed E-state index contributed by atoms with van der Waals surface area (Å²) in [6, 6.07) is 11.2. The molecule has 1 unspecified atom stereocenters. The average molecular weight is 366 g/mol. The molecule has 1 fully saturated rings. The number of nitrogens with zero attached hydrogens (tertiary/aromatic N) is 3. The van der Waals surface area contributed by atoms with Crippen molar-refractivity contribution in [1.29, 1.82) is 0 Å². The molecule has 4 rings (SSSR count). The summed E-state index contributed by atoms with van der Waals surface area (Å²) in [4.78, 5) is 34.1. The van der Waals surface area contributed by atoms with Gasteiger partial charge in [-0.3, -0.25) is 14.3 Å². The minimum absolute atomic E-state index is 0.0431. The Bertz CT molecular complexity index is 1020. The molecule has 140 valence electrons. The van der Waals surface area contributed by atoms with Crippen LogP contribution in [0, 0.1) is 0 Å². The van der Waals surface area contributed by atoms with E-state index in [2.05, 4.69) is 9.97 Å². The van der Waals surface area contributed by atoms with Crippen molar-refractivity contribution in [3.05, 3.63) is 58.6 Å². The van der Waals surface area contributed by atoms with Gasteiger partial charge >= 0.3 is 5.69 Å². The first-order chi connectivity index (χ1) is 13.2. The summed E-state index contributed by atoms with van der Waals surface area (Å²) in [7, 11) is 1.62. The molecule has 7 nitrogen and oxygen atoms in total. The van der Waals surface area contributed by atoms with E-state index < -0.39 is 0 Å². The maximum Gasteiger partial charge on any atom is 0.327 e. The van der Waals surface area contributed by atoms with Crippen LogP contribution in [0.5, 0.6) is 5.75 Å². The molecular weight excluding hydrogens is 344 g/mol. The number of aromatic nitrogens is 3. The van der Waals surface area contributed by atoms with Gasteiger partial charge in [0.25, 0.3) is 0 Å². The fourth-order valence-electron chi connectivity index (χ4n) is 3.78. The van der Waals surface area contributed by atoms with E-state index in [1.54, 1.807) is 17.9 Å². The van der Waals surface area contributed by atoms with Crippen molar-refractivity contribution in [3.8, 4) is 5.75 Å². The van der Waals surface area contributed by atoms with Gasteiger partial charge < -0.3 is 9.64 Å². The highest BCUT2D eigenvalue weighted by Gasteiger charge is 2.27. The molecule has 7 heteroatoms. The zero-order valence-corrected chi connectivity index (χ0v) is 15.2. The lowest BCUT2D eigenvalue weighted by Gasteiger charge is -2.33. The van der Waals surface area contributed by atoms with Crippen LogP contribution in [-0.2, 0) is 11.2 Å². The van der Waals surface area contributed by atoms with Gasteiger partial charge in [-0.05, 0) is 42.7 Å². The molecule has 3 heterocycles. The lowest BCUT2D eigenvalue weighted by molar-refractivity contribution is -0.132. The summed E-state index contributed by atoms with van der Waals surface area (Å²) < 4.78 is 6.97. The maximum absolute atomic E-state index is 12.8. The third kappa shape index (κ3) is 3.45. The lowest BCUT2D eigenvalue weighted by atomic mass is 10.0. The maximum atomic E-state index is 12.8. The van der Waals surface area contributed by atoms with E-state index in [0.29, 0.717) is 25.2 Å².